The molecule has 0 radical (unpaired) electrons. The Hall–Kier alpha value is -0.120. The Morgan fingerprint density at radius 1 is 0.706 bits per heavy atom. The van der Waals surface area contributed by atoms with Crippen molar-refractivity contribution in [2.75, 3.05) is 7.11 Å². The first-order chi connectivity index (χ1) is 15.7. The third-order valence-corrected chi connectivity index (χ3v) is 14.2. The van der Waals surface area contributed by atoms with E-state index in [9.17, 15) is 5.11 Å². The van der Waals surface area contributed by atoms with Gasteiger partial charge in [0.25, 0.3) is 0 Å². The molecule has 1 aliphatic heterocycles. The molecule has 3 nitrogen and oxygen atoms in total. The Morgan fingerprint density at radius 2 is 1.38 bits per heavy atom. The predicted octanol–water partition coefficient (Wildman–Crippen LogP) is 7.15. The summed E-state index contributed by atoms with van der Waals surface area (Å²) in [5.74, 6) is 2.09. The van der Waals surface area contributed by atoms with E-state index >= 15 is 0 Å². The van der Waals surface area contributed by atoms with E-state index in [2.05, 4.69) is 48.5 Å². The molecule has 194 valence electrons. The molecule has 1 saturated heterocycles. The molecule has 0 aromatic carbocycles. The van der Waals surface area contributed by atoms with Gasteiger partial charge in [-0.1, -0.05) is 48.5 Å². The molecular formula is C31H52O3. The highest BCUT2D eigenvalue weighted by Crippen LogP contribution is 2.80. The van der Waals surface area contributed by atoms with Crippen LogP contribution in [-0.4, -0.2) is 35.6 Å². The van der Waals surface area contributed by atoms with Crippen molar-refractivity contribution in [3.05, 3.63) is 0 Å². The van der Waals surface area contributed by atoms with Gasteiger partial charge < -0.3 is 14.6 Å². The Morgan fingerprint density at radius 3 is 2.09 bits per heavy atom. The zero-order chi connectivity index (χ0) is 24.6. The summed E-state index contributed by atoms with van der Waals surface area (Å²) in [5, 5.41) is 11.0. The van der Waals surface area contributed by atoms with Crippen LogP contribution < -0.4 is 0 Å². The molecule has 1 N–H and O–H groups in total. The predicted molar refractivity (Wildman–Crippen MR) is 136 cm³/mol. The quantitative estimate of drug-likeness (QED) is 0.412. The minimum Gasteiger partial charge on any atom is -0.393 e. The fraction of sp³-hybridized carbons (Fsp3) is 1.00. The number of hydrogen-bond donors (Lipinski definition) is 1. The average molecular weight is 473 g/mol. The maximum absolute atomic E-state index is 11.0. The van der Waals surface area contributed by atoms with Crippen molar-refractivity contribution in [1.82, 2.24) is 0 Å². The fourth-order valence-electron chi connectivity index (χ4n) is 12.6. The molecule has 3 heteroatoms. The monoisotopic (exact) mass is 472 g/mol. The van der Waals surface area contributed by atoms with Gasteiger partial charge >= 0.3 is 0 Å². The third kappa shape index (κ3) is 2.61. The number of epoxide rings is 1. The highest BCUT2D eigenvalue weighted by atomic mass is 16.6. The molecule has 6 rings (SSSR count). The summed E-state index contributed by atoms with van der Waals surface area (Å²) in [6, 6.07) is 0. The molecule has 6 aliphatic rings. The number of hydrogen-bond acceptors (Lipinski definition) is 3. The van der Waals surface area contributed by atoms with Crippen molar-refractivity contribution in [3.8, 4) is 0 Å². The normalized spacial score (nSPS) is 59.4. The van der Waals surface area contributed by atoms with Gasteiger partial charge in [-0.15, -0.1) is 0 Å². The highest BCUT2D eigenvalue weighted by Gasteiger charge is 2.83. The summed E-state index contributed by atoms with van der Waals surface area (Å²) >= 11 is 0. The van der Waals surface area contributed by atoms with Gasteiger partial charge in [-0.2, -0.15) is 0 Å². The van der Waals surface area contributed by atoms with Gasteiger partial charge in [-0.25, -0.2) is 0 Å². The summed E-state index contributed by atoms with van der Waals surface area (Å²) in [4.78, 5) is 0. The highest BCUT2D eigenvalue weighted by molar-refractivity contribution is 5.31. The topological polar surface area (TPSA) is 42.0 Å². The second-order valence-electron chi connectivity index (χ2n) is 15.9. The molecule has 0 unspecified atom stereocenters. The molecule has 1 heterocycles. The summed E-state index contributed by atoms with van der Waals surface area (Å²) in [7, 11) is 1.93. The van der Waals surface area contributed by atoms with Gasteiger partial charge in [-0.3, -0.25) is 0 Å². The molecule has 0 bridgehead atoms. The summed E-state index contributed by atoms with van der Waals surface area (Å²) in [6.45, 7) is 17.6. The van der Waals surface area contributed by atoms with Crippen LogP contribution in [0.3, 0.4) is 0 Å². The van der Waals surface area contributed by atoms with Crippen molar-refractivity contribution < 1.29 is 14.6 Å². The molecule has 0 aromatic rings. The molecule has 5 saturated carbocycles. The van der Waals surface area contributed by atoms with Crippen molar-refractivity contribution in [2.45, 2.75) is 143 Å². The van der Waals surface area contributed by atoms with Crippen LogP contribution in [0.2, 0.25) is 0 Å². The Balaban J connectivity index is 1.37. The lowest BCUT2D eigenvalue weighted by Gasteiger charge is -2.64. The molecule has 10 atom stereocenters. The smallest absolute Gasteiger partial charge is 0.104 e. The van der Waals surface area contributed by atoms with E-state index in [1.165, 1.54) is 57.8 Å². The van der Waals surface area contributed by atoms with Crippen molar-refractivity contribution in [2.24, 2.45) is 44.8 Å². The van der Waals surface area contributed by atoms with Gasteiger partial charge in [0.1, 0.15) is 5.60 Å². The van der Waals surface area contributed by atoms with Crippen LogP contribution in [0.1, 0.15) is 119 Å². The molecule has 6 fully saturated rings. The first-order valence-electron chi connectivity index (χ1n) is 14.6. The van der Waals surface area contributed by atoms with Gasteiger partial charge in [0.05, 0.1) is 17.8 Å². The number of fused-ring (bicyclic) bond motifs is 4. The van der Waals surface area contributed by atoms with Crippen LogP contribution in [0, 0.1) is 44.8 Å². The summed E-state index contributed by atoms with van der Waals surface area (Å²) in [6.07, 6.45) is 13.8. The average Bonchev–Trinajstić information content (AvgIpc) is 3.40. The van der Waals surface area contributed by atoms with Crippen LogP contribution in [-0.2, 0) is 9.47 Å². The van der Waals surface area contributed by atoms with E-state index < -0.39 is 0 Å². The Bertz CT molecular complexity index is 865. The van der Waals surface area contributed by atoms with Crippen molar-refractivity contribution >= 4 is 0 Å². The molecular weight excluding hydrogens is 420 g/mol. The van der Waals surface area contributed by atoms with E-state index in [-0.39, 0.29) is 33.6 Å². The Kier molecular flexibility index (Phi) is 4.88. The lowest BCUT2D eigenvalue weighted by molar-refractivity contribution is -0.182. The second kappa shape index (κ2) is 6.84. The number of aliphatic hydroxyl groups is 1. The molecule has 0 amide bonds. The van der Waals surface area contributed by atoms with E-state index in [0.29, 0.717) is 22.9 Å². The molecule has 34 heavy (non-hydrogen) atoms. The van der Waals surface area contributed by atoms with Crippen LogP contribution in [0.4, 0.5) is 0 Å². The van der Waals surface area contributed by atoms with Crippen LogP contribution in [0.25, 0.3) is 0 Å². The van der Waals surface area contributed by atoms with E-state index in [0.717, 1.165) is 24.7 Å². The summed E-state index contributed by atoms with van der Waals surface area (Å²) < 4.78 is 13.2. The first-order valence-corrected chi connectivity index (χ1v) is 14.6. The largest absolute Gasteiger partial charge is 0.393 e. The zero-order valence-corrected chi connectivity index (χ0v) is 23.4. The lowest BCUT2D eigenvalue weighted by atomic mass is 9.41. The van der Waals surface area contributed by atoms with Crippen LogP contribution in [0.15, 0.2) is 0 Å². The second-order valence-corrected chi connectivity index (χ2v) is 15.9. The zero-order valence-electron chi connectivity index (χ0n) is 23.4. The third-order valence-electron chi connectivity index (χ3n) is 14.2. The number of aliphatic hydroxyl groups excluding tert-OH is 1. The fourth-order valence-corrected chi connectivity index (χ4v) is 12.6. The minimum atomic E-state index is -0.169. The van der Waals surface area contributed by atoms with E-state index in [4.69, 9.17) is 9.47 Å². The van der Waals surface area contributed by atoms with Gasteiger partial charge in [0, 0.05) is 12.5 Å². The van der Waals surface area contributed by atoms with E-state index in [1.807, 2.05) is 7.11 Å². The van der Waals surface area contributed by atoms with E-state index in [1.54, 1.807) is 0 Å². The maximum Gasteiger partial charge on any atom is 0.104 e. The SMILES string of the molecule is CO[C@H]1CC[C@@]2(C)[C@@H](CC[C@@]3(C)C[C@@]45CC[C@H]6C(C)(C)[C@H](O)CC[C@]6(C)[C@]4(CC[C@@H]32)O5)C1(C)C. The van der Waals surface area contributed by atoms with Crippen LogP contribution in [0.5, 0.6) is 0 Å². The molecule has 0 aromatic heterocycles. The minimum absolute atomic E-state index is 0.0114. The molecule has 5 aliphatic carbocycles. The number of methoxy groups -OCH3 is 1. The van der Waals surface area contributed by atoms with Gasteiger partial charge in [0.2, 0.25) is 0 Å². The van der Waals surface area contributed by atoms with Crippen LogP contribution >= 0.6 is 0 Å². The summed E-state index contributed by atoms with van der Waals surface area (Å²) in [5.41, 5.74) is 1.37. The van der Waals surface area contributed by atoms with Gasteiger partial charge in [-0.05, 0) is 110 Å². The van der Waals surface area contributed by atoms with Crippen molar-refractivity contribution in [3.63, 3.8) is 0 Å². The standard InChI is InChI=1S/C31H52O3/c1-25(2)21-10-17-30-19-27(5)14-9-20-26(3,4)24(33-8)13-15-28(20,6)22(27)11-18-31(30,34-30)29(21,7)16-12-23(25)32/h20-24,32H,9-19H2,1-8H3/t20-,21-,22-,23+,24-,27-,28-,29-,30-,31-/m0/s1. The Labute approximate surface area is 209 Å². The molecule has 0 spiro atoms. The first kappa shape index (κ1) is 24.2. The lowest BCUT2D eigenvalue weighted by Crippen LogP contribution is -2.60. The number of rotatable bonds is 1. The van der Waals surface area contributed by atoms with Crippen molar-refractivity contribution in [1.29, 1.82) is 0 Å². The number of ether oxygens (including phenoxy) is 2. The van der Waals surface area contributed by atoms with Gasteiger partial charge in [0.15, 0.2) is 0 Å². The maximum atomic E-state index is 11.0.